The number of anilines is 2. The highest BCUT2D eigenvalue weighted by Crippen LogP contribution is 2.29. The number of rotatable bonds is 4. The van der Waals surface area contributed by atoms with E-state index in [1.54, 1.807) is 18.3 Å². The smallest absolute Gasteiger partial charge is 0.187 e. The number of carbonyl (C=O) groups is 1. The van der Waals surface area contributed by atoms with E-state index in [1.807, 2.05) is 36.4 Å². The minimum absolute atomic E-state index is 0.0689. The molecule has 4 aromatic rings. The molecule has 0 atom stereocenters. The first kappa shape index (κ1) is 15.5. The number of Topliss-reactive ketones (excluding diaryl/α,β-unsaturated/α-hetero) is 1. The van der Waals surface area contributed by atoms with Crippen molar-refractivity contribution in [3.63, 3.8) is 0 Å². The zero-order valence-corrected chi connectivity index (χ0v) is 14.5. The van der Waals surface area contributed by atoms with Crippen molar-refractivity contribution in [1.82, 2.24) is 4.98 Å². The number of carbonyl (C=O) groups excluding carboxylic acids is 1. The fraction of sp³-hybridized carbons (Fsp3) is 0.0476. The molecule has 0 aliphatic carbocycles. The van der Waals surface area contributed by atoms with Gasteiger partial charge in [0, 0.05) is 22.2 Å². The lowest BCUT2D eigenvalue weighted by Crippen LogP contribution is -1.93. The number of benzene rings is 3. The number of fused-ring (bicyclic) bond motifs is 1. The van der Waals surface area contributed by atoms with Crippen LogP contribution in [0.15, 0.2) is 72.1 Å². The lowest BCUT2D eigenvalue weighted by molar-refractivity contribution is 0.101. The van der Waals surface area contributed by atoms with Crippen LogP contribution in [-0.4, -0.2) is 10.8 Å². The summed E-state index contributed by atoms with van der Waals surface area (Å²) in [6, 6.07) is 22.1. The molecular formula is C21H16N2OS. The van der Waals surface area contributed by atoms with Crippen molar-refractivity contribution in [3.05, 3.63) is 77.7 Å². The highest BCUT2D eigenvalue weighted by Gasteiger charge is 2.06. The first-order valence-corrected chi connectivity index (χ1v) is 8.90. The van der Waals surface area contributed by atoms with Gasteiger partial charge in [-0.25, -0.2) is 4.98 Å². The average Bonchev–Trinajstić information content (AvgIpc) is 3.10. The second-order valence-corrected chi connectivity index (χ2v) is 6.72. The Balaban J connectivity index is 1.57. The molecule has 0 saturated heterocycles. The molecule has 3 nitrogen and oxygen atoms in total. The van der Waals surface area contributed by atoms with E-state index in [2.05, 4.69) is 46.0 Å². The summed E-state index contributed by atoms with van der Waals surface area (Å²) in [4.78, 5) is 16.0. The molecule has 0 fully saturated rings. The van der Waals surface area contributed by atoms with Crippen LogP contribution in [0.2, 0.25) is 0 Å². The summed E-state index contributed by atoms with van der Waals surface area (Å²) in [5.74, 6) is 0.0689. The fourth-order valence-corrected chi connectivity index (χ4v) is 3.46. The molecule has 0 aliphatic heterocycles. The van der Waals surface area contributed by atoms with E-state index in [4.69, 9.17) is 0 Å². The molecule has 1 aromatic heterocycles. The SMILES string of the molecule is CC(=O)c1ccc(Nc2nc(-c3ccc4ccccc4c3)cs2)cc1. The normalized spacial score (nSPS) is 10.8. The number of nitrogens with zero attached hydrogens (tertiary/aromatic N) is 1. The van der Waals surface area contributed by atoms with Crippen molar-refractivity contribution in [2.24, 2.45) is 0 Å². The Morgan fingerprint density at radius 3 is 2.48 bits per heavy atom. The monoisotopic (exact) mass is 344 g/mol. The van der Waals surface area contributed by atoms with Gasteiger partial charge in [-0.15, -0.1) is 11.3 Å². The van der Waals surface area contributed by atoms with Crippen LogP contribution < -0.4 is 5.32 Å². The summed E-state index contributed by atoms with van der Waals surface area (Å²) in [6.45, 7) is 1.57. The highest BCUT2D eigenvalue weighted by atomic mass is 32.1. The van der Waals surface area contributed by atoms with Gasteiger partial charge < -0.3 is 5.32 Å². The summed E-state index contributed by atoms with van der Waals surface area (Å²) < 4.78 is 0. The van der Waals surface area contributed by atoms with Crippen LogP contribution in [0.25, 0.3) is 22.0 Å². The quantitative estimate of drug-likeness (QED) is 0.468. The molecule has 0 saturated carbocycles. The molecule has 0 aliphatic rings. The first-order valence-electron chi connectivity index (χ1n) is 8.02. The third-order valence-corrected chi connectivity index (χ3v) is 4.85. The van der Waals surface area contributed by atoms with Crippen molar-refractivity contribution < 1.29 is 4.79 Å². The Bertz CT molecular complexity index is 1050. The number of nitrogens with one attached hydrogen (secondary N) is 1. The van der Waals surface area contributed by atoms with Crippen molar-refractivity contribution in [2.75, 3.05) is 5.32 Å². The van der Waals surface area contributed by atoms with E-state index in [-0.39, 0.29) is 5.78 Å². The van der Waals surface area contributed by atoms with E-state index in [0.29, 0.717) is 5.56 Å². The van der Waals surface area contributed by atoms with Crippen molar-refractivity contribution in [2.45, 2.75) is 6.92 Å². The Morgan fingerprint density at radius 1 is 0.960 bits per heavy atom. The Morgan fingerprint density at radius 2 is 1.72 bits per heavy atom. The van der Waals surface area contributed by atoms with E-state index in [9.17, 15) is 4.79 Å². The lowest BCUT2D eigenvalue weighted by atomic mass is 10.1. The predicted octanol–water partition coefficient (Wildman–Crippen LogP) is 5.91. The second-order valence-electron chi connectivity index (χ2n) is 5.86. The number of ketones is 1. The van der Waals surface area contributed by atoms with Crippen LogP contribution in [0.4, 0.5) is 10.8 Å². The molecule has 0 amide bonds. The van der Waals surface area contributed by atoms with Gasteiger partial charge in [0.05, 0.1) is 5.69 Å². The van der Waals surface area contributed by atoms with E-state index < -0.39 is 0 Å². The average molecular weight is 344 g/mol. The molecule has 4 rings (SSSR count). The zero-order chi connectivity index (χ0) is 17.2. The van der Waals surface area contributed by atoms with Gasteiger partial charge in [-0.3, -0.25) is 4.79 Å². The predicted molar refractivity (Wildman–Crippen MR) is 105 cm³/mol. The summed E-state index contributed by atoms with van der Waals surface area (Å²) >= 11 is 1.57. The Hall–Kier alpha value is -2.98. The summed E-state index contributed by atoms with van der Waals surface area (Å²) in [6.07, 6.45) is 0. The van der Waals surface area contributed by atoms with Gasteiger partial charge in [0.2, 0.25) is 0 Å². The van der Waals surface area contributed by atoms with Crippen LogP contribution in [0.1, 0.15) is 17.3 Å². The second kappa shape index (κ2) is 6.49. The molecule has 3 aromatic carbocycles. The maximum atomic E-state index is 11.3. The van der Waals surface area contributed by atoms with Gasteiger partial charge in [-0.1, -0.05) is 36.4 Å². The Labute approximate surface area is 150 Å². The van der Waals surface area contributed by atoms with Crippen LogP contribution in [0.5, 0.6) is 0 Å². The highest BCUT2D eigenvalue weighted by molar-refractivity contribution is 7.14. The standard InChI is InChI=1S/C21H16N2OS/c1-14(24)15-8-10-19(11-9-15)22-21-23-20(13-25-21)18-7-6-16-4-2-3-5-17(16)12-18/h2-13H,1H3,(H,22,23). The maximum absolute atomic E-state index is 11.3. The van der Waals surface area contributed by atoms with E-state index >= 15 is 0 Å². The number of thiazole rings is 1. The van der Waals surface area contributed by atoms with Crippen LogP contribution >= 0.6 is 11.3 Å². The molecule has 1 N–H and O–H groups in total. The lowest BCUT2D eigenvalue weighted by Gasteiger charge is -2.03. The van der Waals surface area contributed by atoms with Crippen molar-refractivity contribution in [1.29, 1.82) is 0 Å². The Kier molecular flexibility index (Phi) is 4.04. The number of hydrogen-bond donors (Lipinski definition) is 1. The van der Waals surface area contributed by atoms with Crippen molar-refractivity contribution in [3.8, 4) is 11.3 Å². The van der Waals surface area contributed by atoms with Gasteiger partial charge in [0.15, 0.2) is 10.9 Å². The summed E-state index contributed by atoms with van der Waals surface area (Å²) in [7, 11) is 0. The van der Waals surface area contributed by atoms with Crippen LogP contribution in [0.3, 0.4) is 0 Å². The molecule has 1 heterocycles. The van der Waals surface area contributed by atoms with Crippen molar-refractivity contribution >= 4 is 38.7 Å². The van der Waals surface area contributed by atoms with E-state index in [1.165, 1.54) is 10.8 Å². The first-order chi connectivity index (χ1) is 12.2. The minimum Gasteiger partial charge on any atom is -0.332 e. The molecule has 0 unspecified atom stereocenters. The number of aromatic nitrogens is 1. The van der Waals surface area contributed by atoms with Gasteiger partial charge in [-0.05, 0) is 48.0 Å². The van der Waals surface area contributed by atoms with Gasteiger partial charge in [-0.2, -0.15) is 0 Å². The van der Waals surface area contributed by atoms with Gasteiger partial charge in [0.1, 0.15) is 0 Å². The molecule has 0 bridgehead atoms. The largest absolute Gasteiger partial charge is 0.332 e. The van der Waals surface area contributed by atoms with Gasteiger partial charge in [0.25, 0.3) is 0 Å². The molecular weight excluding hydrogens is 328 g/mol. The van der Waals surface area contributed by atoms with Crippen LogP contribution in [0, 0.1) is 0 Å². The summed E-state index contributed by atoms with van der Waals surface area (Å²) in [5.41, 5.74) is 3.69. The van der Waals surface area contributed by atoms with Gasteiger partial charge >= 0.3 is 0 Å². The summed E-state index contributed by atoms with van der Waals surface area (Å²) in [5, 5.41) is 8.62. The topological polar surface area (TPSA) is 42.0 Å². The molecule has 122 valence electrons. The van der Waals surface area contributed by atoms with E-state index in [0.717, 1.165) is 22.1 Å². The third kappa shape index (κ3) is 3.30. The fourth-order valence-electron chi connectivity index (χ4n) is 2.72. The minimum atomic E-state index is 0.0689. The number of hydrogen-bond acceptors (Lipinski definition) is 4. The molecule has 25 heavy (non-hydrogen) atoms. The van der Waals surface area contributed by atoms with Crippen LogP contribution in [-0.2, 0) is 0 Å². The molecule has 0 radical (unpaired) electrons. The molecule has 4 heteroatoms. The third-order valence-electron chi connectivity index (χ3n) is 4.09. The maximum Gasteiger partial charge on any atom is 0.187 e. The zero-order valence-electron chi connectivity index (χ0n) is 13.7. The molecule has 0 spiro atoms.